The van der Waals surface area contributed by atoms with Crippen LogP contribution in [-0.2, 0) is 0 Å². The third-order valence-electron chi connectivity index (χ3n) is 3.99. The van der Waals surface area contributed by atoms with Crippen LogP contribution in [0.5, 0.6) is 5.75 Å². The Balaban J connectivity index is 1.46. The van der Waals surface area contributed by atoms with Crippen molar-refractivity contribution in [3.05, 3.63) is 60.2 Å². The van der Waals surface area contributed by atoms with Gasteiger partial charge in [-0.05, 0) is 55.5 Å². The molecule has 0 bridgehead atoms. The molecule has 2 aromatic carbocycles. The van der Waals surface area contributed by atoms with E-state index in [9.17, 15) is 4.39 Å². The molecule has 2 heterocycles. The van der Waals surface area contributed by atoms with E-state index < -0.39 is 0 Å². The van der Waals surface area contributed by atoms with Gasteiger partial charge < -0.3 is 9.15 Å². The van der Waals surface area contributed by atoms with Crippen molar-refractivity contribution in [1.82, 2.24) is 25.4 Å². The molecule has 7 nitrogen and oxygen atoms in total. The molecule has 9 heteroatoms. The van der Waals surface area contributed by atoms with Crippen molar-refractivity contribution in [2.75, 3.05) is 7.11 Å². The van der Waals surface area contributed by atoms with Gasteiger partial charge in [0.15, 0.2) is 5.82 Å². The average Bonchev–Trinajstić information content (AvgIpc) is 3.39. The van der Waals surface area contributed by atoms with Gasteiger partial charge in [-0.15, -0.1) is 15.3 Å². The van der Waals surface area contributed by atoms with Crippen molar-refractivity contribution < 1.29 is 13.5 Å². The third kappa shape index (κ3) is 3.89. The maximum Gasteiger partial charge on any atom is 0.247 e. The van der Waals surface area contributed by atoms with Crippen LogP contribution in [-0.4, -0.2) is 32.5 Å². The number of aromatic nitrogens is 5. The van der Waals surface area contributed by atoms with Gasteiger partial charge in [0.2, 0.25) is 16.9 Å². The van der Waals surface area contributed by atoms with E-state index in [1.165, 1.54) is 23.9 Å². The standard InChI is InChI=1S/C19H16FN5O2S/c1-11(17-23-24-18(27-17)13-3-7-14(20)8-4-13)28-19-21-16(22-25-19)12-5-9-15(26-2)10-6-12/h3-11H,1-2H3,(H,21,22,25)/t11-/m1/s1. The number of methoxy groups -OCH3 is 1. The summed E-state index contributed by atoms with van der Waals surface area (Å²) >= 11 is 1.40. The highest BCUT2D eigenvalue weighted by Gasteiger charge is 2.19. The molecule has 0 saturated heterocycles. The summed E-state index contributed by atoms with van der Waals surface area (Å²) in [5.74, 6) is 1.91. The number of rotatable bonds is 6. The minimum absolute atomic E-state index is 0.152. The number of nitrogens with zero attached hydrogens (tertiary/aromatic N) is 4. The second-order valence-electron chi connectivity index (χ2n) is 5.91. The van der Waals surface area contributed by atoms with E-state index in [4.69, 9.17) is 9.15 Å². The molecule has 0 aliphatic rings. The summed E-state index contributed by atoms with van der Waals surface area (Å²) in [6, 6.07) is 13.4. The predicted octanol–water partition coefficient (Wildman–Crippen LogP) is 4.52. The lowest BCUT2D eigenvalue weighted by Crippen LogP contribution is -1.89. The van der Waals surface area contributed by atoms with E-state index in [0.717, 1.165) is 11.3 Å². The Bertz CT molecular complexity index is 1060. The van der Waals surface area contributed by atoms with Crippen LogP contribution in [0.1, 0.15) is 18.1 Å². The highest BCUT2D eigenvalue weighted by atomic mass is 32.2. The van der Waals surface area contributed by atoms with E-state index in [-0.39, 0.29) is 11.1 Å². The predicted molar refractivity (Wildman–Crippen MR) is 102 cm³/mol. The summed E-state index contributed by atoms with van der Waals surface area (Å²) in [4.78, 5) is 4.50. The Morgan fingerprint density at radius 1 is 1.04 bits per heavy atom. The van der Waals surface area contributed by atoms with Gasteiger partial charge in [0.1, 0.15) is 11.6 Å². The number of thioether (sulfide) groups is 1. The highest BCUT2D eigenvalue weighted by Crippen LogP contribution is 2.34. The zero-order valence-electron chi connectivity index (χ0n) is 15.1. The maximum absolute atomic E-state index is 13.0. The monoisotopic (exact) mass is 397 g/mol. The van der Waals surface area contributed by atoms with Gasteiger partial charge >= 0.3 is 0 Å². The largest absolute Gasteiger partial charge is 0.497 e. The molecule has 2 aromatic heterocycles. The lowest BCUT2D eigenvalue weighted by molar-refractivity contribution is 0.415. The minimum atomic E-state index is -0.315. The summed E-state index contributed by atoms with van der Waals surface area (Å²) in [5.41, 5.74) is 1.57. The molecule has 0 aliphatic carbocycles. The molecule has 0 fully saturated rings. The van der Waals surface area contributed by atoms with Gasteiger partial charge in [-0.3, -0.25) is 5.10 Å². The van der Waals surface area contributed by atoms with Gasteiger partial charge in [-0.2, -0.15) is 0 Å². The van der Waals surface area contributed by atoms with Crippen LogP contribution < -0.4 is 4.74 Å². The van der Waals surface area contributed by atoms with Crippen LogP contribution in [0.4, 0.5) is 4.39 Å². The van der Waals surface area contributed by atoms with Crippen LogP contribution in [0, 0.1) is 5.82 Å². The van der Waals surface area contributed by atoms with E-state index in [0.29, 0.717) is 28.3 Å². The van der Waals surface area contributed by atoms with E-state index >= 15 is 0 Å². The van der Waals surface area contributed by atoms with Crippen molar-refractivity contribution in [1.29, 1.82) is 0 Å². The van der Waals surface area contributed by atoms with Gasteiger partial charge in [-0.1, -0.05) is 11.8 Å². The third-order valence-corrected chi connectivity index (χ3v) is 4.94. The fourth-order valence-electron chi connectivity index (χ4n) is 2.49. The summed E-state index contributed by atoms with van der Waals surface area (Å²) in [5, 5.41) is 15.7. The molecule has 0 aliphatic heterocycles. The van der Waals surface area contributed by atoms with Gasteiger partial charge in [-0.25, -0.2) is 9.37 Å². The van der Waals surface area contributed by atoms with Crippen molar-refractivity contribution in [2.24, 2.45) is 0 Å². The number of aromatic amines is 1. The van der Waals surface area contributed by atoms with Crippen molar-refractivity contribution in [3.63, 3.8) is 0 Å². The van der Waals surface area contributed by atoms with Crippen LogP contribution in [0.3, 0.4) is 0 Å². The van der Waals surface area contributed by atoms with Crippen LogP contribution in [0.2, 0.25) is 0 Å². The molecule has 0 saturated carbocycles. The van der Waals surface area contributed by atoms with Crippen molar-refractivity contribution in [2.45, 2.75) is 17.3 Å². The number of benzene rings is 2. The molecule has 0 spiro atoms. The Morgan fingerprint density at radius 3 is 2.46 bits per heavy atom. The van der Waals surface area contributed by atoms with E-state index in [1.807, 2.05) is 31.2 Å². The number of nitrogens with one attached hydrogen (secondary N) is 1. The van der Waals surface area contributed by atoms with Gasteiger partial charge in [0, 0.05) is 11.1 Å². The first kappa shape index (κ1) is 18.2. The first-order chi connectivity index (χ1) is 13.6. The van der Waals surface area contributed by atoms with Crippen LogP contribution in [0.25, 0.3) is 22.8 Å². The van der Waals surface area contributed by atoms with E-state index in [2.05, 4.69) is 25.4 Å². The Labute approximate surface area is 164 Å². The molecule has 0 amide bonds. The smallest absolute Gasteiger partial charge is 0.247 e. The normalized spacial score (nSPS) is 12.1. The summed E-state index contributed by atoms with van der Waals surface area (Å²) in [7, 11) is 1.62. The Kier molecular flexibility index (Phi) is 5.07. The second kappa shape index (κ2) is 7.81. The average molecular weight is 397 g/mol. The quantitative estimate of drug-likeness (QED) is 0.478. The SMILES string of the molecule is COc1ccc(-c2nc(S[C@H](C)c3nnc(-c4ccc(F)cc4)o3)n[nH]2)cc1. The lowest BCUT2D eigenvalue weighted by atomic mass is 10.2. The Hall–Kier alpha value is -3.20. The zero-order chi connectivity index (χ0) is 19.5. The maximum atomic E-state index is 13.0. The molecule has 4 aromatic rings. The highest BCUT2D eigenvalue weighted by molar-refractivity contribution is 7.99. The van der Waals surface area contributed by atoms with E-state index in [1.54, 1.807) is 19.2 Å². The topological polar surface area (TPSA) is 89.7 Å². The minimum Gasteiger partial charge on any atom is -0.497 e. The molecule has 28 heavy (non-hydrogen) atoms. The summed E-state index contributed by atoms with van der Waals surface area (Å²) in [6.45, 7) is 1.93. The first-order valence-electron chi connectivity index (χ1n) is 8.45. The van der Waals surface area contributed by atoms with Crippen molar-refractivity contribution >= 4 is 11.8 Å². The number of hydrogen-bond donors (Lipinski definition) is 1. The molecular weight excluding hydrogens is 381 g/mol. The number of H-pyrrole nitrogens is 1. The van der Waals surface area contributed by atoms with Crippen LogP contribution >= 0.6 is 11.8 Å². The molecule has 0 unspecified atom stereocenters. The Morgan fingerprint density at radius 2 is 1.75 bits per heavy atom. The molecule has 1 N–H and O–H groups in total. The summed E-state index contributed by atoms with van der Waals surface area (Å²) in [6.07, 6.45) is 0. The second-order valence-corrected chi connectivity index (χ2v) is 7.22. The van der Waals surface area contributed by atoms with Gasteiger partial charge in [0.25, 0.3) is 0 Å². The van der Waals surface area contributed by atoms with Crippen molar-refractivity contribution in [3.8, 4) is 28.6 Å². The molecular formula is C19H16FN5O2S. The molecule has 1 atom stereocenters. The lowest BCUT2D eigenvalue weighted by Gasteiger charge is -2.02. The number of halogens is 1. The summed E-state index contributed by atoms with van der Waals surface area (Å²) < 4.78 is 23.9. The molecule has 4 rings (SSSR count). The zero-order valence-corrected chi connectivity index (χ0v) is 15.9. The number of hydrogen-bond acceptors (Lipinski definition) is 7. The van der Waals surface area contributed by atoms with Gasteiger partial charge in [0.05, 0.1) is 12.4 Å². The first-order valence-corrected chi connectivity index (χ1v) is 9.33. The fraction of sp³-hybridized carbons (Fsp3) is 0.158. The van der Waals surface area contributed by atoms with Crippen LogP contribution in [0.15, 0.2) is 58.1 Å². The molecule has 142 valence electrons. The number of ether oxygens (including phenoxy) is 1. The molecule has 0 radical (unpaired) electrons. The fourth-order valence-corrected chi connectivity index (χ4v) is 3.25.